The van der Waals surface area contributed by atoms with Crippen molar-refractivity contribution in [1.82, 2.24) is 0 Å². The Balaban J connectivity index is 2.43. The highest BCUT2D eigenvalue weighted by molar-refractivity contribution is 7.85. The molecule has 0 fully saturated rings. The van der Waals surface area contributed by atoms with Crippen LogP contribution in [0.5, 0.6) is 0 Å². The third-order valence-corrected chi connectivity index (χ3v) is 3.63. The summed E-state index contributed by atoms with van der Waals surface area (Å²) >= 11 is 5.72. The molecule has 1 aromatic carbocycles. The number of hydrogen-bond acceptors (Lipinski definition) is 3. The van der Waals surface area contributed by atoms with Crippen molar-refractivity contribution < 1.29 is 13.7 Å². The highest BCUT2D eigenvalue weighted by Gasteiger charge is 2.11. The van der Waals surface area contributed by atoms with Crippen LogP contribution < -0.4 is 0 Å². The number of carbonyl (C=O) groups excluding carboxylic acids is 1. The van der Waals surface area contributed by atoms with E-state index in [1.54, 1.807) is 24.3 Å². The third-order valence-electron chi connectivity index (χ3n) is 2.09. The van der Waals surface area contributed by atoms with Gasteiger partial charge in [0.05, 0.1) is 17.4 Å². The Labute approximate surface area is 109 Å². The Morgan fingerprint density at radius 1 is 1.35 bits per heavy atom. The molecule has 3 nitrogen and oxygen atoms in total. The van der Waals surface area contributed by atoms with Crippen LogP contribution in [0.2, 0.25) is 5.02 Å². The minimum atomic E-state index is -1.36. The molecule has 1 atom stereocenters. The van der Waals surface area contributed by atoms with Crippen LogP contribution in [0.3, 0.4) is 0 Å². The first kappa shape index (κ1) is 14.2. The molecule has 17 heavy (non-hydrogen) atoms. The summed E-state index contributed by atoms with van der Waals surface area (Å²) < 4.78 is 16.7. The van der Waals surface area contributed by atoms with Gasteiger partial charge in [-0.2, -0.15) is 0 Å². The minimum absolute atomic E-state index is 0.106. The van der Waals surface area contributed by atoms with Crippen molar-refractivity contribution in [2.75, 3.05) is 12.4 Å². The largest absolute Gasteiger partial charge is 0.465 e. The summed E-state index contributed by atoms with van der Waals surface area (Å²) in [7, 11) is -1.36. The monoisotopic (exact) mass is 274 g/mol. The van der Waals surface area contributed by atoms with E-state index in [0.29, 0.717) is 16.5 Å². The van der Waals surface area contributed by atoms with E-state index < -0.39 is 16.8 Å². The van der Waals surface area contributed by atoms with Crippen LogP contribution in [0.4, 0.5) is 0 Å². The van der Waals surface area contributed by atoms with Gasteiger partial charge < -0.3 is 4.74 Å². The Hall–Kier alpha value is -0.870. The maximum atomic E-state index is 11.8. The second-order valence-corrected chi connectivity index (χ2v) is 5.41. The SMILES string of the molecule is CCCCOC(=O)CS(=O)c1ccc(Cl)cc1. The smallest absolute Gasteiger partial charge is 0.318 e. The average Bonchev–Trinajstić information content (AvgIpc) is 2.30. The fraction of sp³-hybridized carbons (Fsp3) is 0.417. The van der Waals surface area contributed by atoms with Crippen molar-refractivity contribution in [1.29, 1.82) is 0 Å². The van der Waals surface area contributed by atoms with Gasteiger partial charge in [-0.3, -0.25) is 9.00 Å². The first-order chi connectivity index (χ1) is 8.13. The number of carbonyl (C=O) groups is 1. The van der Waals surface area contributed by atoms with E-state index in [4.69, 9.17) is 16.3 Å². The summed E-state index contributed by atoms with van der Waals surface area (Å²) in [6.07, 6.45) is 1.80. The second-order valence-electron chi connectivity index (χ2n) is 3.52. The number of unbranched alkanes of at least 4 members (excludes halogenated alkanes) is 1. The quantitative estimate of drug-likeness (QED) is 0.592. The summed E-state index contributed by atoms with van der Waals surface area (Å²) in [6.45, 7) is 2.41. The summed E-state index contributed by atoms with van der Waals surface area (Å²) in [5.74, 6) is -0.530. The maximum Gasteiger partial charge on any atom is 0.318 e. The molecule has 94 valence electrons. The maximum absolute atomic E-state index is 11.8. The summed E-state index contributed by atoms with van der Waals surface area (Å²) in [5.41, 5.74) is 0. The number of rotatable bonds is 6. The Bertz CT molecular complexity index is 389. The number of esters is 1. The molecule has 1 rings (SSSR count). The van der Waals surface area contributed by atoms with Crippen LogP contribution in [-0.4, -0.2) is 22.5 Å². The lowest BCUT2D eigenvalue weighted by Gasteiger charge is -2.04. The van der Waals surface area contributed by atoms with E-state index in [9.17, 15) is 9.00 Å². The molecule has 1 unspecified atom stereocenters. The fourth-order valence-corrected chi connectivity index (χ4v) is 2.18. The Kier molecular flexibility index (Phi) is 6.22. The van der Waals surface area contributed by atoms with E-state index in [0.717, 1.165) is 12.8 Å². The van der Waals surface area contributed by atoms with Gasteiger partial charge in [-0.15, -0.1) is 0 Å². The molecule has 0 aromatic heterocycles. The van der Waals surface area contributed by atoms with Gasteiger partial charge in [0.1, 0.15) is 5.75 Å². The molecule has 0 aliphatic rings. The van der Waals surface area contributed by atoms with Gasteiger partial charge in [-0.25, -0.2) is 0 Å². The summed E-state index contributed by atoms with van der Waals surface area (Å²) in [4.78, 5) is 11.9. The number of benzene rings is 1. The van der Waals surface area contributed by atoms with Gasteiger partial charge in [-0.05, 0) is 30.7 Å². The molecule has 0 spiro atoms. The fourth-order valence-electron chi connectivity index (χ4n) is 1.15. The Morgan fingerprint density at radius 2 is 2.00 bits per heavy atom. The topological polar surface area (TPSA) is 43.4 Å². The Morgan fingerprint density at radius 3 is 2.59 bits per heavy atom. The van der Waals surface area contributed by atoms with Crippen LogP contribution in [0.1, 0.15) is 19.8 Å². The lowest BCUT2D eigenvalue weighted by Crippen LogP contribution is -2.14. The second kappa shape index (κ2) is 7.45. The molecule has 0 saturated heterocycles. The first-order valence-electron chi connectivity index (χ1n) is 5.43. The molecule has 0 aliphatic heterocycles. The lowest BCUT2D eigenvalue weighted by atomic mass is 10.4. The van der Waals surface area contributed by atoms with Crippen molar-refractivity contribution in [3.63, 3.8) is 0 Å². The predicted octanol–water partition coefficient (Wildman–Crippen LogP) is 2.79. The van der Waals surface area contributed by atoms with Gasteiger partial charge in [-0.1, -0.05) is 24.9 Å². The molecule has 5 heteroatoms. The molecule has 0 aliphatic carbocycles. The van der Waals surface area contributed by atoms with Gasteiger partial charge >= 0.3 is 5.97 Å². The van der Waals surface area contributed by atoms with Gasteiger partial charge in [0.15, 0.2) is 0 Å². The highest BCUT2D eigenvalue weighted by Crippen LogP contribution is 2.12. The minimum Gasteiger partial charge on any atom is -0.465 e. The standard InChI is InChI=1S/C12H15ClO3S/c1-2-3-8-16-12(14)9-17(15)11-6-4-10(13)5-7-11/h4-7H,2-3,8-9H2,1H3. The van der Waals surface area contributed by atoms with E-state index in [1.165, 1.54) is 0 Å². The highest BCUT2D eigenvalue weighted by atomic mass is 35.5. The molecule has 1 aromatic rings. The first-order valence-corrected chi connectivity index (χ1v) is 7.12. The van der Waals surface area contributed by atoms with Crippen LogP contribution in [0.15, 0.2) is 29.2 Å². The van der Waals surface area contributed by atoms with Crippen molar-refractivity contribution in [2.24, 2.45) is 0 Å². The van der Waals surface area contributed by atoms with Crippen LogP contribution in [-0.2, 0) is 20.3 Å². The zero-order chi connectivity index (χ0) is 12.7. The zero-order valence-electron chi connectivity index (χ0n) is 9.65. The number of hydrogen-bond donors (Lipinski definition) is 0. The van der Waals surface area contributed by atoms with Gasteiger partial charge in [0, 0.05) is 9.92 Å². The molecule has 0 bridgehead atoms. The third kappa shape index (κ3) is 5.33. The van der Waals surface area contributed by atoms with Crippen LogP contribution >= 0.6 is 11.6 Å². The van der Waals surface area contributed by atoms with Gasteiger partial charge in [0.25, 0.3) is 0 Å². The van der Waals surface area contributed by atoms with E-state index in [1.807, 2.05) is 6.92 Å². The van der Waals surface area contributed by atoms with Crippen molar-refractivity contribution in [3.05, 3.63) is 29.3 Å². The summed E-state index contributed by atoms with van der Waals surface area (Å²) in [5, 5.41) is 0.580. The average molecular weight is 275 g/mol. The molecule has 0 heterocycles. The van der Waals surface area contributed by atoms with Crippen molar-refractivity contribution in [2.45, 2.75) is 24.7 Å². The number of ether oxygens (including phenoxy) is 1. The predicted molar refractivity (Wildman–Crippen MR) is 68.6 cm³/mol. The van der Waals surface area contributed by atoms with E-state index >= 15 is 0 Å². The van der Waals surface area contributed by atoms with E-state index in [2.05, 4.69) is 0 Å². The van der Waals surface area contributed by atoms with Crippen LogP contribution in [0.25, 0.3) is 0 Å². The van der Waals surface area contributed by atoms with Crippen molar-refractivity contribution >= 4 is 28.4 Å². The normalized spacial score (nSPS) is 12.1. The molecule has 0 N–H and O–H groups in total. The van der Waals surface area contributed by atoms with Crippen molar-refractivity contribution in [3.8, 4) is 0 Å². The lowest BCUT2D eigenvalue weighted by molar-refractivity contribution is -0.140. The molecule has 0 amide bonds. The van der Waals surface area contributed by atoms with Crippen LogP contribution in [0, 0.1) is 0 Å². The molecular formula is C12H15ClO3S. The zero-order valence-corrected chi connectivity index (χ0v) is 11.2. The van der Waals surface area contributed by atoms with Gasteiger partial charge in [0.2, 0.25) is 0 Å². The molecular weight excluding hydrogens is 260 g/mol. The van der Waals surface area contributed by atoms with E-state index in [-0.39, 0.29) is 5.75 Å². The molecule has 0 saturated carbocycles. The molecule has 0 radical (unpaired) electrons. The summed E-state index contributed by atoms with van der Waals surface area (Å²) in [6, 6.07) is 6.60. The number of halogens is 1.